The first-order chi connectivity index (χ1) is 9.29. The van der Waals surface area contributed by atoms with Crippen molar-refractivity contribution in [3.05, 3.63) is 18.2 Å². The van der Waals surface area contributed by atoms with E-state index in [-0.39, 0.29) is 16.5 Å². The van der Waals surface area contributed by atoms with Crippen molar-refractivity contribution in [2.24, 2.45) is 0 Å². The van der Waals surface area contributed by atoms with Crippen LogP contribution in [0.15, 0.2) is 23.1 Å². The Morgan fingerprint density at radius 3 is 2.25 bits per heavy atom. The average Bonchev–Trinajstić information content (AvgIpc) is 2.37. The Bertz CT molecular complexity index is 620. The summed E-state index contributed by atoms with van der Waals surface area (Å²) in [6, 6.07) is 4.98. The van der Waals surface area contributed by atoms with Gasteiger partial charge in [0.15, 0.2) is 9.84 Å². The number of sulfone groups is 1. The lowest BCUT2D eigenvalue weighted by atomic mass is 10.2. The topological polar surface area (TPSA) is 83.7 Å². The highest BCUT2D eigenvalue weighted by molar-refractivity contribution is 7.90. The van der Waals surface area contributed by atoms with Crippen molar-refractivity contribution in [3.63, 3.8) is 0 Å². The second-order valence-corrected chi connectivity index (χ2v) is 6.97. The maximum absolute atomic E-state index is 11.5. The number of anilines is 2. The lowest BCUT2D eigenvalue weighted by molar-refractivity contribution is -0.129. The van der Waals surface area contributed by atoms with Gasteiger partial charge in [0, 0.05) is 45.0 Å². The van der Waals surface area contributed by atoms with Crippen molar-refractivity contribution in [3.8, 4) is 0 Å². The van der Waals surface area contributed by atoms with Crippen LogP contribution in [-0.4, -0.2) is 51.7 Å². The number of hydrogen-bond donors (Lipinski definition) is 1. The first-order valence-electron chi connectivity index (χ1n) is 6.39. The summed E-state index contributed by atoms with van der Waals surface area (Å²) in [7, 11) is -3.30. The summed E-state index contributed by atoms with van der Waals surface area (Å²) in [5.74, 6) is 0.0802. The minimum Gasteiger partial charge on any atom is -0.398 e. The van der Waals surface area contributed by atoms with Crippen LogP contribution in [-0.2, 0) is 14.6 Å². The van der Waals surface area contributed by atoms with Crippen LogP contribution in [0.3, 0.4) is 0 Å². The van der Waals surface area contributed by atoms with Crippen LogP contribution >= 0.6 is 0 Å². The first-order valence-corrected chi connectivity index (χ1v) is 8.28. The van der Waals surface area contributed by atoms with Crippen molar-refractivity contribution in [2.75, 3.05) is 43.1 Å². The van der Waals surface area contributed by atoms with Gasteiger partial charge in [-0.3, -0.25) is 4.79 Å². The van der Waals surface area contributed by atoms with Crippen molar-refractivity contribution >= 4 is 27.1 Å². The van der Waals surface area contributed by atoms with Gasteiger partial charge >= 0.3 is 0 Å². The minimum absolute atomic E-state index is 0.0802. The van der Waals surface area contributed by atoms with Crippen LogP contribution in [0.4, 0.5) is 11.4 Å². The lowest BCUT2D eigenvalue weighted by Crippen LogP contribution is -2.48. The van der Waals surface area contributed by atoms with Crippen LogP contribution in [0.2, 0.25) is 0 Å². The molecule has 1 heterocycles. The number of nitrogens with two attached hydrogens (primary N) is 1. The number of benzene rings is 1. The minimum atomic E-state index is -3.30. The molecule has 6 nitrogen and oxygen atoms in total. The van der Waals surface area contributed by atoms with Crippen molar-refractivity contribution < 1.29 is 13.2 Å². The Morgan fingerprint density at radius 1 is 1.20 bits per heavy atom. The van der Waals surface area contributed by atoms with Crippen LogP contribution in [0.1, 0.15) is 6.92 Å². The van der Waals surface area contributed by atoms with Crippen molar-refractivity contribution in [1.82, 2.24) is 4.90 Å². The highest BCUT2D eigenvalue weighted by atomic mass is 32.2. The summed E-state index contributed by atoms with van der Waals surface area (Å²) >= 11 is 0. The highest BCUT2D eigenvalue weighted by Gasteiger charge is 2.20. The summed E-state index contributed by atoms with van der Waals surface area (Å²) in [5.41, 5.74) is 6.97. The Labute approximate surface area is 119 Å². The summed E-state index contributed by atoms with van der Waals surface area (Å²) in [6.45, 7) is 4.34. The molecule has 0 aliphatic carbocycles. The largest absolute Gasteiger partial charge is 0.398 e. The Balaban J connectivity index is 2.16. The fourth-order valence-electron chi connectivity index (χ4n) is 2.35. The molecular formula is C13H19N3O3S. The fraction of sp³-hybridized carbons (Fsp3) is 0.462. The monoisotopic (exact) mass is 297 g/mol. The number of rotatable bonds is 2. The molecule has 0 unspecified atom stereocenters. The molecule has 1 aliphatic heterocycles. The van der Waals surface area contributed by atoms with E-state index < -0.39 is 9.84 Å². The van der Waals surface area contributed by atoms with E-state index in [1.165, 1.54) is 6.07 Å². The number of amides is 1. The molecule has 0 atom stereocenters. The molecule has 7 heteroatoms. The third-order valence-electron chi connectivity index (χ3n) is 3.48. The third-order valence-corrected chi connectivity index (χ3v) is 4.65. The van der Waals surface area contributed by atoms with Gasteiger partial charge in [-0.1, -0.05) is 0 Å². The molecule has 20 heavy (non-hydrogen) atoms. The van der Waals surface area contributed by atoms with Crippen LogP contribution in [0, 0.1) is 0 Å². The standard InChI is InChI=1S/C13H19N3O3S/c1-10(17)15-5-7-16(8-6-15)11-3-4-13(12(14)9-11)20(2,18)19/h3-4,9H,5-8,14H2,1-2H3. The van der Waals surface area contributed by atoms with Gasteiger partial charge < -0.3 is 15.5 Å². The van der Waals surface area contributed by atoms with Gasteiger partial charge in [-0.2, -0.15) is 0 Å². The molecule has 0 bridgehead atoms. The molecule has 1 amide bonds. The maximum atomic E-state index is 11.5. The second-order valence-electron chi connectivity index (χ2n) is 4.99. The second kappa shape index (κ2) is 5.32. The van der Waals surface area contributed by atoms with E-state index >= 15 is 0 Å². The van der Waals surface area contributed by atoms with Crippen LogP contribution in [0.5, 0.6) is 0 Å². The SMILES string of the molecule is CC(=O)N1CCN(c2ccc(S(C)(=O)=O)c(N)c2)CC1. The molecule has 0 saturated carbocycles. The van der Waals surface area contributed by atoms with Crippen molar-refractivity contribution in [1.29, 1.82) is 0 Å². The van der Waals surface area contributed by atoms with Gasteiger partial charge in [0.1, 0.15) is 0 Å². The van der Waals surface area contributed by atoms with E-state index in [9.17, 15) is 13.2 Å². The van der Waals surface area contributed by atoms with Gasteiger partial charge in [0.2, 0.25) is 5.91 Å². The van der Waals surface area contributed by atoms with Crippen LogP contribution < -0.4 is 10.6 Å². The normalized spacial score (nSPS) is 16.3. The Morgan fingerprint density at radius 2 is 1.80 bits per heavy atom. The molecule has 1 aromatic rings. The molecule has 0 spiro atoms. The van der Waals surface area contributed by atoms with E-state index in [1.807, 2.05) is 0 Å². The smallest absolute Gasteiger partial charge is 0.219 e. The van der Waals surface area contributed by atoms with Gasteiger partial charge in [0.25, 0.3) is 0 Å². The average molecular weight is 297 g/mol. The molecule has 2 rings (SSSR count). The molecule has 1 aromatic carbocycles. The number of nitrogen functional groups attached to an aromatic ring is 1. The van der Waals surface area contributed by atoms with E-state index in [0.717, 1.165) is 25.0 Å². The van der Waals surface area contributed by atoms with E-state index in [1.54, 1.807) is 24.0 Å². The summed E-state index contributed by atoms with van der Waals surface area (Å²) in [6.07, 6.45) is 1.14. The number of nitrogens with zero attached hydrogens (tertiary/aromatic N) is 2. The van der Waals surface area contributed by atoms with Gasteiger partial charge in [-0.25, -0.2) is 8.42 Å². The predicted octanol–water partition coefficient (Wildman–Crippen LogP) is 0.341. The number of carbonyl (C=O) groups excluding carboxylic acids is 1. The molecule has 0 radical (unpaired) electrons. The molecule has 1 fully saturated rings. The van der Waals surface area contributed by atoms with E-state index in [2.05, 4.69) is 4.90 Å². The highest BCUT2D eigenvalue weighted by Crippen LogP contribution is 2.25. The Kier molecular flexibility index (Phi) is 3.89. The number of hydrogen-bond acceptors (Lipinski definition) is 5. The van der Waals surface area contributed by atoms with Crippen LogP contribution in [0.25, 0.3) is 0 Å². The molecule has 0 aromatic heterocycles. The summed E-state index contributed by atoms with van der Waals surface area (Å²) in [4.78, 5) is 15.3. The summed E-state index contributed by atoms with van der Waals surface area (Å²) in [5, 5.41) is 0. The van der Waals surface area contributed by atoms with Crippen molar-refractivity contribution in [2.45, 2.75) is 11.8 Å². The van der Waals surface area contributed by atoms with Gasteiger partial charge in [-0.15, -0.1) is 0 Å². The molecule has 110 valence electrons. The van der Waals surface area contributed by atoms with Gasteiger partial charge in [0.05, 0.1) is 10.6 Å². The van der Waals surface area contributed by atoms with E-state index in [4.69, 9.17) is 5.73 Å². The first kappa shape index (κ1) is 14.6. The number of piperazine rings is 1. The zero-order chi connectivity index (χ0) is 14.9. The molecule has 2 N–H and O–H groups in total. The maximum Gasteiger partial charge on any atom is 0.219 e. The molecule has 1 saturated heterocycles. The summed E-state index contributed by atoms with van der Waals surface area (Å²) < 4.78 is 23.0. The third kappa shape index (κ3) is 3.04. The lowest BCUT2D eigenvalue weighted by Gasteiger charge is -2.35. The fourth-order valence-corrected chi connectivity index (χ4v) is 3.15. The zero-order valence-electron chi connectivity index (χ0n) is 11.7. The quantitative estimate of drug-likeness (QED) is 0.796. The van der Waals surface area contributed by atoms with E-state index in [0.29, 0.717) is 13.1 Å². The molecule has 1 aliphatic rings. The molecular weight excluding hydrogens is 278 g/mol. The predicted molar refractivity (Wildman–Crippen MR) is 78.4 cm³/mol. The number of carbonyl (C=O) groups is 1. The zero-order valence-corrected chi connectivity index (χ0v) is 12.5. The van der Waals surface area contributed by atoms with Gasteiger partial charge in [-0.05, 0) is 18.2 Å². The Hall–Kier alpha value is -1.76.